The van der Waals surface area contributed by atoms with Gasteiger partial charge in [-0.05, 0) is 42.3 Å². The number of amides is 1. The molecule has 0 radical (unpaired) electrons. The highest BCUT2D eigenvalue weighted by atomic mass is 35.5. The third kappa shape index (κ3) is 3.49. The highest BCUT2D eigenvalue weighted by Crippen LogP contribution is 2.19. The monoisotopic (exact) mass is 292 g/mol. The lowest BCUT2D eigenvalue weighted by Gasteiger charge is -2.09. The minimum Gasteiger partial charge on any atom is -0.348 e. The Morgan fingerprint density at radius 3 is 2.95 bits per heavy atom. The zero-order valence-corrected chi connectivity index (χ0v) is 12.0. The summed E-state index contributed by atoms with van der Waals surface area (Å²) in [6.45, 7) is 2.40. The van der Waals surface area contributed by atoms with E-state index < -0.39 is 0 Å². The first-order valence-corrected chi connectivity index (χ1v) is 6.56. The predicted molar refractivity (Wildman–Crippen MR) is 78.8 cm³/mol. The summed E-state index contributed by atoms with van der Waals surface area (Å²) in [6.07, 6.45) is 3.47. The molecule has 0 aliphatic carbocycles. The van der Waals surface area contributed by atoms with E-state index in [9.17, 15) is 4.79 Å². The molecule has 0 bridgehead atoms. The Hall–Kier alpha value is -1.52. The number of rotatable bonds is 3. The van der Waals surface area contributed by atoms with E-state index in [4.69, 9.17) is 11.6 Å². The predicted octanol–water partition coefficient (Wildman–Crippen LogP) is 3.26. The van der Waals surface area contributed by atoms with Gasteiger partial charge in [0, 0.05) is 23.8 Å². The summed E-state index contributed by atoms with van der Waals surface area (Å²) in [7, 11) is 0. The number of benzene rings is 1. The maximum Gasteiger partial charge on any atom is 0.253 e. The molecule has 1 N–H and O–H groups in total. The zero-order chi connectivity index (χ0) is 13.8. The van der Waals surface area contributed by atoms with Crippen LogP contribution in [0, 0.1) is 6.92 Å². The van der Waals surface area contributed by atoms with Crippen LogP contribution in [-0.2, 0) is 6.54 Å². The Morgan fingerprint density at radius 2 is 2.21 bits per heavy atom. The number of halogens is 1. The van der Waals surface area contributed by atoms with Crippen molar-refractivity contribution in [3.63, 3.8) is 0 Å². The zero-order valence-electron chi connectivity index (χ0n) is 10.4. The first kappa shape index (κ1) is 13.9. The molecule has 2 rings (SSSR count). The quantitative estimate of drug-likeness (QED) is 0.853. The van der Waals surface area contributed by atoms with E-state index in [1.54, 1.807) is 30.6 Å². The van der Waals surface area contributed by atoms with Crippen LogP contribution < -0.4 is 5.32 Å². The third-order valence-electron chi connectivity index (χ3n) is 2.77. The molecule has 0 aliphatic heterocycles. The number of nitrogens with one attached hydrogen (secondary N) is 1. The SMILES string of the molecule is Cc1cnccc1CNC(=O)c1cc(S)ccc1Cl. The lowest BCUT2D eigenvalue weighted by atomic mass is 10.1. The number of hydrogen-bond acceptors (Lipinski definition) is 3. The fourth-order valence-electron chi connectivity index (χ4n) is 1.66. The number of thiol groups is 1. The lowest BCUT2D eigenvalue weighted by Crippen LogP contribution is -2.23. The van der Waals surface area contributed by atoms with E-state index in [0.717, 1.165) is 11.1 Å². The van der Waals surface area contributed by atoms with Crippen LogP contribution in [0.3, 0.4) is 0 Å². The number of hydrogen-bond donors (Lipinski definition) is 2. The van der Waals surface area contributed by atoms with Crippen LogP contribution in [0.1, 0.15) is 21.5 Å². The van der Waals surface area contributed by atoms with Crippen LogP contribution >= 0.6 is 24.2 Å². The van der Waals surface area contributed by atoms with E-state index in [0.29, 0.717) is 22.0 Å². The van der Waals surface area contributed by atoms with E-state index in [1.165, 1.54) is 0 Å². The fourth-order valence-corrected chi connectivity index (χ4v) is 2.07. The third-order valence-corrected chi connectivity index (χ3v) is 3.38. The Kier molecular flexibility index (Phi) is 4.45. The van der Waals surface area contributed by atoms with Gasteiger partial charge in [0.2, 0.25) is 0 Å². The van der Waals surface area contributed by atoms with Gasteiger partial charge in [0.25, 0.3) is 5.91 Å². The number of carbonyl (C=O) groups excluding carboxylic acids is 1. The van der Waals surface area contributed by atoms with Crippen LogP contribution in [-0.4, -0.2) is 10.9 Å². The fraction of sp³-hybridized carbons (Fsp3) is 0.143. The molecule has 0 atom stereocenters. The number of pyridine rings is 1. The van der Waals surface area contributed by atoms with Crippen molar-refractivity contribution in [1.82, 2.24) is 10.3 Å². The van der Waals surface area contributed by atoms with Crippen molar-refractivity contribution in [1.29, 1.82) is 0 Å². The van der Waals surface area contributed by atoms with Crippen molar-refractivity contribution in [2.24, 2.45) is 0 Å². The maximum absolute atomic E-state index is 12.1. The Balaban J connectivity index is 2.10. The van der Waals surface area contributed by atoms with Gasteiger partial charge in [-0.3, -0.25) is 9.78 Å². The molecule has 1 aromatic heterocycles. The van der Waals surface area contributed by atoms with Crippen molar-refractivity contribution in [3.8, 4) is 0 Å². The van der Waals surface area contributed by atoms with E-state index in [2.05, 4.69) is 22.9 Å². The minimum atomic E-state index is -0.211. The van der Waals surface area contributed by atoms with Crippen molar-refractivity contribution >= 4 is 30.1 Å². The average Bonchev–Trinajstić information content (AvgIpc) is 2.40. The van der Waals surface area contributed by atoms with Crippen LogP contribution in [0.15, 0.2) is 41.6 Å². The van der Waals surface area contributed by atoms with Crippen LogP contribution in [0.2, 0.25) is 5.02 Å². The molecule has 0 spiro atoms. The molecular formula is C14H13ClN2OS. The molecule has 2 aromatic rings. The Morgan fingerprint density at radius 1 is 1.42 bits per heavy atom. The second-order valence-electron chi connectivity index (χ2n) is 4.15. The summed E-state index contributed by atoms with van der Waals surface area (Å²) in [6, 6.07) is 6.94. The number of nitrogens with zero attached hydrogens (tertiary/aromatic N) is 1. The van der Waals surface area contributed by atoms with Gasteiger partial charge in [-0.25, -0.2) is 0 Å². The van der Waals surface area contributed by atoms with Crippen LogP contribution in [0.4, 0.5) is 0 Å². The van der Waals surface area contributed by atoms with Crippen molar-refractivity contribution in [3.05, 3.63) is 58.4 Å². The molecule has 98 valence electrons. The minimum absolute atomic E-state index is 0.211. The molecule has 1 aromatic carbocycles. The van der Waals surface area contributed by atoms with Gasteiger partial charge in [0.1, 0.15) is 0 Å². The van der Waals surface area contributed by atoms with Crippen LogP contribution in [0.25, 0.3) is 0 Å². The second-order valence-corrected chi connectivity index (χ2v) is 5.07. The summed E-state index contributed by atoms with van der Waals surface area (Å²) in [5.41, 5.74) is 2.50. The van der Waals surface area contributed by atoms with E-state index >= 15 is 0 Å². The molecular weight excluding hydrogens is 280 g/mol. The first-order valence-electron chi connectivity index (χ1n) is 5.74. The molecule has 0 saturated carbocycles. The maximum atomic E-state index is 12.1. The molecule has 19 heavy (non-hydrogen) atoms. The van der Waals surface area contributed by atoms with Crippen molar-refractivity contribution in [2.45, 2.75) is 18.4 Å². The Bertz CT molecular complexity index is 616. The normalized spacial score (nSPS) is 10.3. The van der Waals surface area contributed by atoms with Gasteiger partial charge >= 0.3 is 0 Å². The molecule has 5 heteroatoms. The summed E-state index contributed by atoms with van der Waals surface area (Å²) < 4.78 is 0. The topological polar surface area (TPSA) is 42.0 Å². The van der Waals surface area contributed by atoms with Gasteiger partial charge < -0.3 is 5.32 Å². The van der Waals surface area contributed by atoms with Gasteiger partial charge in [0.15, 0.2) is 0 Å². The Labute approximate surface area is 122 Å². The largest absolute Gasteiger partial charge is 0.348 e. The van der Waals surface area contributed by atoms with E-state index in [-0.39, 0.29) is 5.91 Å². The van der Waals surface area contributed by atoms with Gasteiger partial charge in [0.05, 0.1) is 10.6 Å². The van der Waals surface area contributed by atoms with Gasteiger partial charge in [-0.1, -0.05) is 11.6 Å². The van der Waals surface area contributed by atoms with E-state index in [1.807, 2.05) is 13.0 Å². The first-order chi connectivity index (χ1) is 9.08. The molecule has 0 unspecified atom stereocenters. The average molecular weight is 293 g/mol. The molecule has 1 amide bonds. The second kappa shape index (κ2) is 6.08. The molecule has 0 fully saturated rings. The van der Waals surface area contributed by atoms with Crippen molar-refractivity contribution < 1.29 is 4.79 Å². The van der Waals surface area contributed by atoms with Gasteiger partial charge in [-0.15, -0.1) is 12.6 Å². The van der Waals surface area contributed by atoms with Crippen molar-refractivity contribution in [2.75, 3.05) is 0 Å². The highest BCUT2D eigenvalue weighted by molar-refractivity contribution is 7.80. The lowest BCUT2D eigenvalue weighted by molar-refractivity contribution is 0.0951. The molecule has 0 saturated heterocycles. The number of aromatic nitrogens is 1. The highest BCUT2D eigenvalue weighted by Gasteiger charge is 2.10. The summed E-state index contributed by atoms with van der Waals surface area (Å²) in [5, 5.41) is 3.26. The smallest absolute Gasteiger partial charge is 0.253 e. The summed E-state index contributed by atoms with van der Waals surface area (Å²) >= 11 is 10.2. The molecule has 1 heterocycles. The summed E-state index contributed by atoms with van der Waals surface area (Å²) in [5.74, 6) is -0.211. The van der Waals surface area contributed by atoms with Gasteiger partial charge in [-0.2, -0.15) is 0 Å². The molecule has 3 nitrogen and oxygen atoms in total. The standard InChI is InChI=1S/C14H13ClN2OS/c1-9-7-16-5-4-10(9)8-17-14(18)12-6-11(19)2-3-13(12)15/h2-7,19H,8H2,1H3,(H,17,18). The number of aryl methyl sites for hydroxylation is 1. The number of carbonyl (C=O) groups is 1. The summed E-state index contributed by atoms with van der Waals surface area (Å²) in [4.78, 5) is 16.8. The van der Waals surface area contributed by atoms with Crippen LogP contribution in [0.5, 0.6) is 0 Å². The molecule has 0 aliphatic rings.